The van der Waals surface area contributed by atoms with Gasteiger partial charge in [-0.2, -0.15) is 0 Å². The maximum atomic E-state index is 13.0. The molecular formula is C37H74ClNO3. The Labute approximate surface area is 269 Å². The fourth-order valence-electron chi connectivity index (χ4n) is 5.63. The highest BCUT2D eigenvalue weighted by Crippen LogP contribution is 2.18. The molecule has 2 amide bonds. The van der Waals surface area contributed by atoms with Crippen molar-refractivity contribution in [1.82, 2.24) is 4.90 Å². The van der Waals surface area contributed by atoms with Crippen LogP contribution in [0.25, 0.3) is 0 Å². The molecule has 0 radical (unpaired) electrons. The van der Waals surface area contributed by atoms with Crippen LogP contribution in [0.15, 0.2) is 0 Å². The molecule has 0 aromatic carbocycles. The fraction of sp³-hybridized carbons (Fsp3) is 0.946. The molecular weight excluding hydrogens is 542 g/mol. The third-order valence-electron chi connectivity index (χ3n) is 8.85. The molecule has 0 aliphatic rings. The van der Waals surface area contributed by atoms with E-state index in [1.807, 2.05) is 6.92 Å². The molecule has 0 heterocycles. The van der Waals surface area contributed by atoms with Crippen molar-refractivity contribution in [1.29, 1.82) is 0 Å². The first kappa shape index (κ1) is 43.5. The van der Waals surface area contributed by atoms with Gasteiger partial charge in [0, 0.05) is 12.8 Å². The highest BCUT2D eigenvalue weighted by molar-refractivity contribution is 5.95. The molecule has 0 aromatic heterocycles. The molecule has 4 nitrogen and oxygen atoms in total. The van der Waals surface area contributed by atoms with Crippen molar-refractivity contribution in [2.75, 3.05) is 6.54 Å². The Hall–Kier alpha value is -0.610. The van der Waals surface area contributed by atoms with E-state index in [9.17, 15) is 14.7 Å². The zero-order valence-electron chi connectivity index (χ0n) is 28.8. The fourth-order valence-corrected chi connectivity index (χ4v) is 5.63. The Balaban J connectivity index is 0. The second-order valence-corrected chi connectivity index (χ2v) is 13.2. The summed E-state index contributed by atoms with van der Waals surface area (Å²) in [7, 11) is 0. The zero-order chi connectivity index (χ0) is 30.4. The molecule has 0 aliphatic carbocycles. The van der Waals surface area contributed by atoms with E-state index in [4.69, 9.17) is 0 Å². The first-order valence-corrected chi connectivity index (χ1v) is 18.4. The van der Waals surface area contributed by atoms with Crippen LogP contribution in [0.4, 0.5) is 0 Å². The molecule has 0 fully saturated rings. The van der Waals surface area contributed by atoms with Crippen molar-refractivity contribution >= 4 is 24.2 Å². The number of hydrogen-bond acceptors (Lipinski definition) is 3. The molecule has 0 saturated heterocycles. The van der Waals surface area contributed by atoms with Crippen LogP contribution in [0, 0.1) is 0 Å². The molecule has 0 rings (SSSR count). The van der Waals surface area contributed by atoms with Crippen molar-refractivity contribution in [3.05, 3.63) is 0 Å². The number of aliphatic hydroxyl groups is 1. The SMILES string of the molecule is CCCCCCCCCCCCCCCC(=O)N(CC(C)(O)CC)C(=O)CCCCCCCCCCCCCCC.Cl. The lowest BCUT2D eigenvalue weighted by atomic mass is 10.0. The molecule has 5 heteroatoms. The monoisotopic (exact) mass is 616 g/mol. The van der Waals surface area contributed by atoms with E-state index in [1.165, 1.54) is 146 Å². The first-order chi connectivity index (χ1) is 19.9. The summed E-state index contributed by atoms with van der Waals surface area (Å²) in [6.45, 7) is 8.30. The lowest BCUT2D eigenvalue weighted by Crippen LogP contribution is -2.46. The topological polar surface area (TPSA) is 57.6 Å². The largest absolute Gasteiger partial charge is 0.388 e. The highest BCUT2D eigenvalue weighted by Gasteiger charge is 2.29. The third kappa shape index (κ3) is 28.2. The van der Waals surface area contributed by atoms with E-state index >= 15 is 0 Å². The van der Waals surface area contributed by atoms with E-state index in [2.05, 4.69) is 13.8 Å². The van der Waals surface area contributed by atoms with Crippen LogP contribution >= 0.6 is 12.4 Å². The predicted molar refractivity (Wildman–Crippen MR) is 186 cm³/mol. The average molecular weight is 616 g/mol. The predicted octanol–water partition coefficient (Wildman–Crippen LogP) is 11.9. The highest BCUT2D eigenvalue weighted by atomic mass is 35.5. The summed E-state index contributed by atoms with van der Waals surface area (Å²) in [4.78, 5) is 27.4. The Kier molecular flexibility index (Phi) is 33.0. The van der Waals surface area contributed by atoms with Gasteiger partial charge in [0.05, 0.1) is 12.1 Å². The lowest BCUT2D eigenvalue weighted by molar-refractivity contribution is -0.149. The molecule has 1 N–H and O–H groups in total. The summed E-state index contributed by atoms with van der Waals surface area (Å²) in [5.41, 5.74) is -1.02. The minimum absolute atomic E-state index is 0. The first-order valence-electron chi connectivity index (χ1n) is 18.4. The number of imide groups is 1. The van der Waals surface area contributed by atoms with Crippen LogP contribution in [-0.2, 0) is 9.59 Å². The minimum atomic E-state index is -1.02. The van der Waals surface area contributed by atoms with E-state index < -0.39 is 5.60 Å². The third-order valence-corrected chi connectivity index (χ3v) is 8.85. The Morgan fingerprint density at radius 3 is 0.952 bits per heavy atom. The number of carbonyl (C=O) groups excluding carboxylic acids is 2. The summed E-state index contributed by atoms with van der Waals surface area (Å²) in [6.07, 6.45) is 34.5. The molecule has 0 aromatic rings. The molecule has 0 spiro atoms. The van der Waals surface area contributed by atoms with E-state index in [-0.39, 0.29) is 30.8 Å². The van der Waals surface area contributed by atoms with Gasteiger partial charge in [-0.3, -0.25) is 14.5 Å². The average Bonchev–Trinajstić information content (AvgIpc) is 2.96. The quantitative estimate of drug-likeness (QED) is 0.0789. The van der Waals surface area contributed by atoms with Gasteiger partial charge in [0.2, 0.25) is 11.8 Å². The van der Waals surface area contributed by atoms with Crippen LogP contribution in [0.1, 0.15) is 214 Å². The summed E-state index contributed by atoms with van der Waals surface area (Å²) in [5, 5.41) is 10.6. The van der Waals surface area contributed by atoms with E-state index in [1.54, 1.807) is 6.92 Å². The summed E-state index contributed by atoms with van der Waals surface area (Å²) in [6, 6.07) is 0. The Morgan fingerprint density at radius 2 is 0.714 bits per heavy atom. The maximum Gasteiger partial charge on any atom is 0.229 e. The second kappa shape index (κ2) is 31.8. The van der Waals surface area contributed by atoms with Gasteiger partial charge in [-0.15, -0.1) is 12.4 Å². The number of rotatable bonds is 31. The molecule has 0 aliphatic heterocycles. The van der Waals surface area contributed by atoms with E-state index in [0.717, 1.165) is 25.7 Å². The number of halogens is 1. The smallest absolute Gasteiger partial charge is 0.229 e. The Morgan fingerprint density at radius 1 is 0.476 bits per heavy atom. The van der Waals surface area contributed by atoms with Crippen molar-refractivity contribution in [2.45, 2.75) is 219 Å². The minimum Gasteiger partial charge on any atom is -0.388 e. The van der Waals surface area contributed by atoms with Crippen molar-refractivity contribution in [3.63, 3.8) is 0 Å². The van der Waals surface area contributed by atoms with Crippen LogP contribution in [0.5, 0.6) is 0 Å². The summed E-state index contributed by atoms with van der Waals surface area (Å²) < 4.78 is 0. The molecule has 42 heavy (non-hydrogen) atoms. The van der Waals surface area contributed by atoms with Crippen molar-refractivity contribution in [2.24, 2.45) is 0 Å². The van der Waals surface area contributed by atoms with Crippen molar-refractivity contribution in [3.8, 4) is 0 Å². The number of unbranched alkanes of at least 4 members (excludes halogenated alkanes) is 24. The van der Waals surface area contributed by atoms with Crippen LogP contribution in [0.2, 0.25) is 0 Å². The zero-order valence-corrected chi connectivity index (χ0v) is 29.6. The number of amides is 2. The molecule has 1 atom stereocenters. The normalized spacial score (nSPS) is 12.6. The van der Waals surface area contributed by atoms with E-state index in [0.29, 0.717) is 19.3 Å². The molecule has 0 bridgehead atoms. The van der Waals surface area contributed by atoms with Gasteiger partial charge in [0.1, 0.15) is 0 Å². The number of hydrogen-bond donors (Lipinski definition) is 1. The lowest BCUT2D eigenvalue weighted by Gasteiger charge is -2.30. The van der Waals surface area contributed by atoms with Crippen LogP contribution in [-0.4, -0.2) is 34.0 Å². The maximum absolute atomic E-state index is 13.0. The van der Waals surface area contributed by atoms with Gasteiger partial charge in [0.25, 0.3) is 0 Å². The van der Waals surface area contributed by atoms with Gasteiger partial charge >= 0.3 is 0 Å². The van der Waals surface area contributed by atoms with Gasteiger partial charge in [-0.05, 0) is 26.2 Å². The molecule has 0 saturated carbocycles. The standard InChI is InChI=1S/C37H73NO3.ClH/c1-5-8-10-12-14-16-18-20-22-24-26-28-30-32-35(39)38(34-37(4,41)7-3)36(40)33-31-29-27-25-23-21-19-17-15-13-11-9-6-2;/h41H,5-34H2,1-4H3;1H. The number of nitrogens with zero attached hydrogens (tertiary/aromatic N) is 1. The summed E-state index contributed by atoms with van der Waals surface area (Å²) >= 11 is 0. The van der Waals surface area contributed by atoms with Gasteiger partial charge in [0.15, 0.2) is 0 Å². The van der Waals surface area contributed by atoms with Gasteiger partial charge < -0.3 is 5.11 Å². The van der Waals surface area contributed by atoms with Crippen LogP contribution < -0.4 is 0 Å². The molecule has 1 unspecified atom stereocenters. The molecule has 252 valence electrons. The second-order valence-electron chi connectivity index (χ2n) is 13.2. The Bertz CT molecular complexity index is 554. The van der Waals surface area contributed by atoms with Crippen molar-refractivity contribution < 1.29 is 14.7 Å². The summed E-state index contributed by atoms with van der Waals surface area (Å²) in [5.74, 6) is -0.192. The van der Waals surface area contributed by atoms with Gasteiger partial charge in [-0.25, -0.2) is 0 Å². The van der Waals surface area contributed by atoms with Gasteiger partial charge in [-0.1, -0.05) is 175 Å². The van der Waals surface area contributed by atoms with Crippen LogP contribution in [0.3, 0.4) is 0 Å². The number of carbonyl (C=O) groups is 2.